The molecule has 0 radical (unpaired) electrons. The highest BCUT2D eigenvalue weighted by Crippen LogP contribution is 2.15. The number of nitrogen functional groups attached to an aromatic ring is 1. The molecule has 0 fully saturated rings. The molecule has 2 rings (SSSR count). The molecule has 2 aromatic heterocycles. The number of imidazole rings is 1. The standard InChI is InChI=1S/C15H22N6O4/c1-15(2,3)25-14(23)20(7-10(22)24-4)5-6-21-9-19-11-12(16)17-8-18-13(11)21/h8-9H,5-7H2,1-4H3,(H2,16,17,18). The van der Waals surface area contributed by atoms with Crippen LogP contribution in [-0.4, -0.2) is 62.3 Å². The molecule has 2 heterocycles. The first-order valence-corrected chi connectivity index (χ1v) is 7.67. The Kier molecular flexibility index (Phi) is 5.40. The zero-order chi connectivity index (χ0) is 18.6. The number of aromatic nitrogens is 4. The summed E-state index contributed by atoms with van der Waals surface area (Å²) in [4.78, 5) is 37.4. The molecule has 136 valence electrons. The van der Waals surface area contributed by atoms with E-state index < -0.39 is 17.7 Å². The second kappa shape index (κ2) is 7.32. The first-order valence-electron chi connectivity index (χ1n) is 7.67. The molecular formula is C15H22N6O4. The van der Waals surface area contributed by atoms with Crippen LogP contribution in [0.1, 0.15) is 20.8 Å². The number of amides is 1. The Morgan fingerprint density at radius 1 is 1.28 bits per heavy atom. The van der Waals surface area contributed by atoms with Gasteiger partial charge in [-0.3, -0.25) is 9.69 Å². The Morgan fingerprint density at radius 2 is 2.00 bits per heavy atom. The number of fused-ring (bicyclic) bond motifs is 1. The molecule has 0 aliphatic rings. The summed E-state index contributed by atoms with van der Waals surface area (Å²) in [6.07, 6.45) is 2.30. The molecule has 0 aliphatic carbocycles. The lowest BCUT2D eigenvalue weighted by Crippen LogP contribution is -2.41. The molecule has 0 spiro atoms. The van der Waals surface area contributed by atoms with Crippen LogP contribution in [0.4, 0.5) is 10.6 Å². The molecule has 25 heavy (non-hydrogen) atoms. The molecule has 0 aliphatic heterocycles. The molecule has 2 aromatic rings. The predicted octanol–water partition coefficient (Wildman–Crippen LogP) is 0.819. The molecule has 0 saturated carbocycles. The number of carbonyl (C=O) groups is 2. The zero-order valence-electron chi connectivity index (χ0n) is 14.7. The maximum Gasteiger partial charge on any atom is 0.410 e. The third kappa shape index (κ3) is 4.78. The lowest BCUT2D eigenvalue weighted by Gasteiger charge is -2.26. The highest BCUT2D eigenvalue weighted by molar-refractivity contribution is 5.81. The second-order valence-corrected chi connectivity index (χ2v) is 6.35. The SMILES string of the molecule is COC(=O)CN(CCn1cnc2c(N)ncnc21)C(=O)OC(C)(C)C. The van der Waals surface area contributed by atoms with E-state index in [0.717, 1.165) is 0 Å². The number of carbonyl (C=O) groups excluding carboxylic acids is 2. The maximum absolute atomic E-state index is 12.3. The van der Waals surface area contributed by atoms with Crippen molar-refractivity contribution in [3.05, 3.63) is 12.7 Å². The van der Waals surface area contributed by atoms with Gasteiger partial charge in [0.2, 0.25) is 0 Å². The summed E-state index contributed by atoms with van der Waals surface area (Å²) in [6, 6.07) is 0. The topological polar surface area (TPSA) is 125 Å². The van der Waals surface area contributed by atoms with E-state index >= 15 is 0 Å². The summed E-state index contributed by atoms with van der Waals surface area (Å²) in [5, 5.41) is 0. The number of ether oxygens (including phenoxy) is 2. The van der Waals surface area contributed by atoms with Crippen LogP contribution in [0.15, 0.2) is 12.7 Å². The first-order chi connectivity index (χ1) is 11.7. The van der Waals surface area contributed by atoms with Gasteiger partial charge >= 0.3 is 12.1 Å². The van der Waals surface area contributed by atoms with E-state index in [2.05, 4.69) is 19.7 Å². The fourth-order valence-electron chi connectivity index (χ4n) is 2.07. The van der Waals surface area contributed by atoms with Crippen molar-refractivity contribution in [3.8, 4) is 0 Å². The number of anilines is 1. The predicted molar refractivity (Wildman–Crippen MR) is 89.6 cm³/mol. The number of nitrogens with zero attached hydrogens (tertiary/aromatic N) is 5. The minimum absolute atomic E-state index is 0.208. The van der Waals surface area contributed by atoms with E-state index in [4.69, 9.17) is 10.5 Å². The van der Waals surface area contributed by atoms with Crippen molar-refractivity contribution in [1.82, 2.24) is 24.4 Å². The van der Waals surface area contributed by atoms with Crippen LogP contribution >= 0.6 is 0 Å². The third-order valence-electron chi connectivity index (χ3n) is 3.24. The monoisotopic (exact) mass is 350 g/mol. The minimum Gasteiger partial charge on any atom is -0.468 e. The molecule has 0 saturated heterocycles. The van der Waals surface area contributed by atoms with Crippen molar-refractivity contribution in [2.45, 2.75) is 32.9 Å². The number of nitrogens with two attached hydrogens (primary N) is 1. The Balaban J connectivity index is 2.14. The van der Waals surface area contributed by atoms with Crippen LogP contribution in [0.3, 0.4) is 0 Å². The van der Waals surface area contributed by atoms with Crippen molar-refractivity contribution in [1.29, 1.82) is 0 Å². The van der Waals surface area contributed by atoms with Gasteiger partial charge in [0.1, 0.15) is 24.0 Å². The number of hydrogen-bond donors (Lipinski definition) is 1. The highest BCUT2D eigenvalue weighted by Gasteiger charge is 2.24. The van der Waals surface area contributed by atoms with Crippen molar-refractivity contribution < 1.29 is 19.1 Å². The van der Waals surface area contributed by atoms with Crippen LogP contribution in [-0.2, 0) is 20.8 Å². The summed E-state index contributed by atoms with van der Waals surface area (Å²) in [5.41, 5.74) is 6.12. The Bertz CT molecular complexity index is 767. The fraction of sp³-hybridized carbons (Fsp3) is 0.533. The average Bonchev–Trinajstić information content (AvgIpc) is 2.94. The summed E-state index contributed by atoms with van der Waals surface area (Å²) in [6.45, 7) is 5.61. The lowest BCUT2D eigenvalue weighted by molar-refractivity contribution is -0.141. The smallest absolute Gasteiger partial charge is 0.410 e. The molecular weight excluding hydrogens is 328 g/mol. The summed E-state index contributed by atoms with van der Waals surface area (Å²) < 4.78 is 11.7. The molecule has 2 N–H and O–H groups in total. The Hall–Kier alpha value is -2.91. The lowest BCUT2D eigenvalue weighted by atomic mass is 10.2. The van der Waals surface area contributed by atoms with Gasteiger partial charge in [-0.15, -0.1) is 0 Å². The van der Waals surface area contributed by atoms with Crippen molar-refractivity contribution in [3.63, 3.8) is 0 Å². The molecule has 10 heteroatoms. The third-order valence-corrected chi connectivity index (χ3v) is 3.24. The molecule has 0 atom stereocenters. The van der Waals surface area contributed by atoms with Gasteiger partial charge in [-0.05, 0) is 20.8 Å². The average molecular weight is 350 g/mol. The van der Waals surface area contributed by atoms with Crippen molar-refractivity contribution in [2.24, 2.45) is 0 Å². The van der Waals surface area contributed by atoms with Crippen LogP contribution < -0.4 is 5.73 Å². The van der Waals surface area contributed by atoms with Gasteiger partial charge in [0.15, 0.2) is 11.5 Å². The van der Waals surface area contributed by atoms with E-state index in [1.165, 1.54) is 18.3 Å². The van der Waals surface area contributed by atoms with E-state index in [1.807, 2.05) is 0 Å². The quantitative estimate of drug-likeness (QED) is 0.786. The number of hydrogen-bond acceptors (Lipinski definition) is 8. The largest absolute Gasteiger partial charge is 0.468 e. The van der Waals surface area contributed by atoms with Gasteiger partial charge in [0.25, 0.3) is 0 Å². The second-order valence-electron chi connectivity index (χ2n) is 6.35. The number of methoxy groups -OCH3 is 1. The highest BCUT2D eigenvalue weighted by atomic mass is 16.6. The molecule has 0 bridgehead atoms. The van der Waals surface area contributed by atoms with Gasteiger partial charge in [-0.1, -0.05) is 0 Å². The zero-order valence-corrected chi connectivity index (χ0v) is 14.7. The van der Waals surface area contributed by atoms with Gasteiger partial charge in [0, 0.05) is 13.1 Å². The Labute approximate surface area is 144 Å². The van der Waals surface area contributed by atoms with Crippen LogP contribution in [0.25, 0.3) is 11.2 Å². The number of rotatable bonds is 5. The van der Waals surface area contributed by atoms with E-state index in [1.54, 1.807) is 31.7 Å². The van der Waals surface area contributed by atoms with Gasteiger partial charge < -0.3 is 19.8 Å². The first kappa shape index (κ1) is 18.4. The molecule has 0 aromatic carbocycles. The minimum atomic E-state index is -0.672. The summed E-state index contributed by atoms with van der Waals surface area (Å²) >= 11 is 0. The van der Waals surface area contributed by atoms with Gasteiger partial charge in [0.05, 0.1) is 13.4 Å². The molecule has 10 nitrogen and oxygen atoms in total. The molecule has 1 amide bonds. The van der Waals surface area contributed by atoms with Gasteiger partial charge in [-0.2, -0.15) is 0 Å². The van der Waals surface area contributed by atoms with E-state index in [-0.39, 0.29) is 18.9 Å². The number of esters is 1. The maximum atomic E-state index is 12.3. The normalized spacial score (nSPS) is 11.4. The van der Waals surface area contributed by atoms with E-state index in [0.29, 0.717) is 17.7 Å². The van der Waals surface area contributed by atoms with Crippen LogP contribution in [0.5, 0.6) is 0 Å². The van der Waals surface area contributed by atoms with Crippen LogP contribution in [0.2, 0.25) is 0 Å². The Morgan fingerprint density at radius 3 is 2.64 bits per heavy atom. The summed E-state index contributed by atoms with van der Waals surface area (Å²) in [5.74, 6) is -0.254. The van der Waals surface area contributed by atoms with Gasteiger partial charge in [-0.25, -0.2) is 19.7 Å². The van der Waals surface area contributed by atoms with Crippen molar-refractivity contribution in [2.75, 3.05) is 25.9 Å². The van der Waals surface area contributed by atoms with E-state index in [9.17, 15) is 9.59 Å². The molecule has 0 unspecified atom stereocenters. The van der Waals surface area contributed by atoms with Crippen molar-refractivity contribution >= 4 is 29.0 Å². The fourth-order valence-corrected chi connectivity index (χ4v) is 2.07. The van der Waals surface area contributed by atoms with Crippen LogP contribution in [0, 0.1) is 0 Å². The summed E-state index contributed by atoms with van der Waals surface area (Å²) in [7, 11) is 1.26.